The first-order chi connectivity index (χ1) is 8.04. The van der Waals surface area contributed by atoms with E-state index in [1.807, 2.05) is 6.92 Å². The van der Waals surface area contributed by atoms with Crippen molar-refractivity contribution in [3.63, 3.8) is 0 Å². The number of nitrogens with zero attached hydrogens (tertiary/aromatic N) is 3. The molecular weight excluding hydrogens is 242 g/mol. The van der Waals surface area contributed by atoms with E-state index < -0.39 is 0 Å². The highest BCUT2D eigenvalue weighted by Crippen LogP contribution is 2.21. The van der Waals surface area contributed by atoms with Crippen LogP contribution >= 0.6 is 11.6 Å². The highest BCUT2D eigenvalue weighted by Gasteiger charge is 2.12. The minimum Gasteiger partial charge on any atom is -0.368 e. The summed E-state index contributed by atoms with van der Waals surface area (Å²) in [6, 6.07) is 0. The van der Waals surface area contributed by atoms with Gasteiger partial charge in [0.1, 0.15) is 5.02 Å². The van der Waals surface area contributed by atoms with E-state index >= 15 is 0 Å². The highest BCUT2D eigenvalue weighted by molar-refractivity contribution is 6.32. The number of halogens is 1. The van der Waals surface area contributed by atoms with Gasteiger partial charge in [-0.05, 0) is 6.42 Å². The van der Waals surface area contributed by atoms with E-state index in [4.69, 9.17) is 17.3 Å². The Bertz CT molecular complexity index is 398. The molecule has 0 radical (unpaired) electrons. The van der Waals surface area contributed by atoms with Gasteiger partial charge in [-0.15, -0.1) is 0 Å². The number of hydrogen-bond acceptors (Lipinski definition) is 5. The molecule has 0 aliphatic rings. The summed E-state index contributed by atoms with van der Waals surface area (Å²) in [5.41, 5.74) is 5.47. The molecule has 0 fully saturated rings. The van der Waals surface area contributed by atoms with Gasteiger partial charge in [-0.1, -0.05) is 18.5 Å². The predicted molar refractivity (Wildman–Crippen MR) is 68.0 cm³/mol. The Hall–Kier alpha value is -1.56. The number of anilines is 2. The third kappa shape index (κ3) is 4.07. The molecule has 0 atom stereocenters. The van der Waals surface area contributed by atoms with Crippen LogP contribution in [0, 0.1) is 0 Å². The van der Waals surface area contributed by atoms with E-state index in [2.05, 4.69) is 15.3 Å². The minimum atomic E-state index is -0.0809. The van der Waals surface area contributed by atoms with Gasteiger partial charge in [0.2, 0.25) is 11.9 Å². The van der Waals surface area contributed by atoms with Gasteiger partial charge in [-0.2, -0.15) is 4.98 Å². The van der Waals surface area contributed by atoms with Crippen molar-refractivity contribution in [3.05, 3.63) is 11.2 Å². The summed E-state index contributed by atoms with van der Waals surface area (Å²) in [5, 5.41) is 3.13. The minimum absolute atomic E-state index is 0.0809. The molecule has 0 aliphatic carbocycles. The van der Waals surface area contributed by atoms with Gasteiger partial charge in [0.25, 0.3) is 0 Å². The molecule has 0 spiro atoms. The lowest BCUT2D eigenvalue weighted by molar-refractivity contribution is -0.119. The van der Waals surface area contributed by atoms with E-state index in [0.29, 0.717) is 17.4 Å². The fourth-order valence-corrected chi connectivity index (χ4v) is 1.48. The van der Waals surface area contributed by atoms with Crippen LogP contribution in [0.4, 0.5) is 11.8 Å². The molecule has 3 N–H and O–H groups in total. The van der Waals surface area contributed by atoms with E-state index in [0.717, 1.165) is 6.42 Å². The lowest BCUT2D eigenvalue weighted by Gasteiger charge is -2.18. The largest absolute Gasteiger partial charge is 0.368 e. The van der Waals surface area contributed by atoms with Crippen molar-refractivity contribution in [1.82, 2.24) is 15.3 Å². The van der Waals surface area contributed by atoms with E-state index in [9.17, 15) is 4.79 Å². The third-order valence-electron chi connectivity index (χ3n) is 2.06. The number of carbonyl (C=O) groups is 1. The fourth-order valence-electron chi connectivity index (χ4n) is 1.25. The van der Waals surface area contributed by atoms with Crippen LogP contribution in [0.15, 0.2) is 6.20 Å². The second-order valence-corrected chi connectivity index (χ2v) is 4.01. The predicted octanol–water partition coefficient (Wildman–Crippen LogP) is 0.675. The number of nitrogens with one attached hydrogen (secondary N) is 1. The van der Waals surface area contributed by atoms with E-state index in [1.165, 1.54) is 6.20 Å². The standard InChI is InChI=1S/C10H16ClN5O/c1-3-4-13-8(17)6-16(2)9-7(11)5-14-10(12)15-9/h5H,3-4,6H2,1-2H3,(H,13,17)(H2,12,14,15). The quantitative estimate of drug-likeness (QED) is 0.810. The molecule has 0 aliphatic heterocycles. The maximum Gasteiger partial charge on any atom is 0.239 e. The Morgan fingerprint density at radius 2 is 2.35 bits per heavy atom. The number of likely N-dealkylation sites (N-methyl/N-ethyl adjacent to an activating group) is 1. The van der Waals surface area contributed by atoms with Gasteiger partial charge < -0.3 is 16.0 Å². The summed E-state index contributed by atoms with van der Waals surface area (Å²) in [6.45, 7) is 2.83. The lowest BCUT2D eigenvalue weighted by atomic mass is 10.4. The summed E-state index contributed by atoms with van der Waals surface area (Å²) >= 11 is 5.92. The van der Waals surface area contributed by atoms with Crippen LogP contribution in [0.3, 0.4) is 0 Å². The zero-order valence-electron chi connectivity index (χ0n) is 9.90. The molecule has 0 bridgehead atoms. The molecule has 1 aromatic heterocycles. The maximum atomic E-state index is 11.5. The zero-order chi connectivity index (χ0) is 12.8. The van der Waals surface area contributed by atoms with Crippen molar-refractivity contribution in [3.8, 4) is 0 Å². The number of nitrogen functional groups attached to an aromatic ring is 1. The summed E-state index contributed by atoms with van der Waals surface area (Å²) in [4.78, 5) is 20.9. The molecule has 1 aromatic rings. The number of carbonyl (C=O) groups excluding carboxylic acids is 1. The molecule has 1 heterocycles. The van der Waals surface area contributed by atoms with Crippen LogP contribution in [-0.2, 0) is 4.79 Å². The number of aromatic nitrogens is 2. The van der Waals surface area contributed by atoms with Crippen molar-refractivity contribution >= 4 is 29.3 Å². The van der Waals surface area contributed by atoms with Crippen LogP contribution < -0.4 is 16.0 Å². The smallest absolute Gasteiger partial charge is 0.239 e. The molecular formula is C10H16ClN5O. The fraction of sp³-hybridized carbons (Fsp3) is 0.500. The summed E-state index contributed by atoms with van der Waals surface area (Å²) in [7, 11) is 1.72. The number of nitrogens with two attached hydrogens (primary N) is 1. The Balaban J connectivity index is 2.66. The second-order valence-electron chi connectivity index (χ2n) is 3.61. The lowest BCUT2D eigenvalue weighted by Crippen LogP contribution is -2.36. The molecule has 0 aromatic carbocycles. The normalized spacial score (nSPS) is 10.1. The van der Waals surface area contributed by atoms with Gasteiger partial charge in [0.15, 0.2) is 5.82 Å². The number of rotatable bonds is 5. The van der Waals surface area contributed by atoms with E-state index in [-0.39, 0.29) is 18.4 Å². The van der Waals surface area contributed by atoms with Crippen molar-refractivity contribution in [2.45, 2.75) is 13.3 Å². The summed E-state index contributed by atoms with van der Waals surface area (Å²) in [6.07, 6.45) is 2.32. The Morgan fingerprint density at radius 1 is 1.65 bits per heavy atom. The van der Waals surface area contributed by atoms with Gasteiger partial charge in [0, 0.05) is 13.6 Å². The monoisotopic (exact) mass is 257 g/mol. The van der Waals surface area contributed by atoms with Crippen LogP contribution in [0.1, 0.15) is 13.3 Å². The van der Waals surface area contributed by atoms with E-state index in [1.54, 1.807) is 11.9 Å². The molecule has 17 heavy (non-hydrogen) atoms. The average molecular weight is 258 g/mol. The SMILES string of the molecule is CCCNC(=O)CN(C)c1nc(N)ncc1Cl. The van der Waals surface area contributed by atoms with Gasteiger partial charge >= 0.3 is 0 Å². The molecule has 0 saturated carbocycles. The van der Waals surface area contributed by atoms with Crippen molar-refractivity contribution in [2.24, 2.45) is 0 Å². The van der Waals surface area contributed by atoms with Crippen LogP contribution in [0.2, 0.25) is 5.02 Å². The molecule has 0 unspecified atom stereocenters. The van der Waals surface area contributed by atoms with Crippen molar-refractivity contribution < 1.29 is 4.79 Å². The number of amides is 1. The first kappa shape index (κ1) is 13.5. The average Bonchev–Trinajstić information content (AvgIpc) is 2.29. The van der Waals surface area contributed by atoms with Crippen LogP contribution in [0.25, 0.3) is 0 Å². The Labute approximate surface area is 105 Å². The first-order valence-corrected chi connectivity index (χ1v) is 5.68. The Kier molecular flexibility index (Phi) is 4.96. The van der Waals surface area contributed by atoms with Crippen molar-refractivity contribution in [1.29, 1.82) is 0 Å². The molecule has 0 saturated heterocycles. The third-order valence-corrected chi connectivity index (χ3v) is 2.33. The molecule has 1 rings (SSSR count). The van der Waals surface area contributed by atoms with Crippen LogP contribution in [-0.4, -0.2) is 36.0 Å². The molecule has 1 amide bonds. The van der Waals surface area contributed by atoms with Crippen LogP contribution in [0.5, 0.6) is 0 Å². The Morgan fingerprint density at radius 3 is 3.00 bits per heavy atom. The summed E-state index contributed by atoms with van der Waals surface area (Å²) in [5.74, 6) is 0.499. The van der Waals surface area contributed by atoms with Gasteiger partial charge in [0.05, 0.1) is 12.7 Å². The van der Waals surface area contributed by atoms with Crippen molar-refractivity contribution in [2.75, 3.05) is 30.8 Å². The molecule has 6 nitrogen and oxygen atoms in total. The second kappa shape index (κ2) is 6.24. The maximum absolute atomic E-state index is 11.5. The molecule has 94 valence electrons. The summed E-state index contributed by atoms with van der Waals surface area (Å²) < 4.78 is 0. The zero-order valence-corrected chi connectivity index (χ0v) is 10.7. The highest BCUT2D eigenvalue weighted by atomic mass is 35.5. The molecule has 7 heteroatoms. The first-order valence-electron chi connectivity index (χ1n) is 5.30. The number of hydrogen-bond donors (Lipinski definition) is 2. The van der Waals surface area contributed by atoms with Gasteiger partial charge in [-0.3, -0.25) is 4.79 Å². The van der Waals surface area contributed by atoms with Gasteiger partial charge in [-0.25, -0.2) is 4.98 Å². The topological polar surface area (TPSA) is 84.1 Å².